The van der Waals surface area contributed by atoms with Crippen LogP contribution in [0.15, 0.2) is 71.3 Å². The van der Waals surface area contributed by atoms with Crippen molar-refractivity contribution in [1.82, 2.24) is 9.88 Å². The van der Waals surface area contributed by atoms with Crippen LogP contribution >= 0.6 is 27.5 Å². The lowest BCUT2D eigenvalue weighted by Gasteiger charge is -2.38. The SMILES string of the molecule is OC1(c2ccc(Cl)cc2)CCN(C/C=C2\c3ccc(Br)cc3OCc3ncccc32)CC1. The van der Waals surface area contributed by atoms with Crippen molar-refractivity contribution < 1.29 is 9.84 Å². The molecule has 0 saturated carbocycles. The van der Waals surface area contributed by atoms with E-state index in [1.54, 1.807) is 0 Å². The van der Waals surface area contributed by atoms with E-state index in [1.165, 1.54) is 0 Å². The summed E-state index contributed by atoms with van der Waals surface area (Å²) in [7, 11) is 0. The van der Waals surface area contributed by atoms with Gasteiger partial charge >= 0.3 is 0 Å². The van der Waals surface area contributed by atoms with Crippen molar-refractivity contribution in [2.75, 3.05) is 19.6 Å². The van der Waals surface area contributed by atoms with Gasteiger partial charge in [-0.05, 0) is 60.4 Å². The number of benzene rings is 2. The molecular formula is C26H24BrClN2O2. The van der Waals surface area contributed by atoms with Crippen LogP contribution in [0.3, 0.4) is 0 Å². The highest BCUT2D eigenvalue weighted by molar-refractivity contribution is 9.10. The summed E-state index contributed by atoms with van der Waals surface area (Å²) >= 11 is 9.57. The van der Waals surface area contributed by atoms with E-state index in [1.807, 2.05) is 48.7 Å². The summed E-state index contributed by atoms with van der Waals surface area (Å²) in [6, 6.07) is 17.8. The largest absolute Gasteiger partial charge is 0.487 e. The fourth-order valence-electron chi connectivity index (χ4n) is 4.52. The van der Waals surface area contributed by atoms with Crippen LogP contribution in [-0.4, -0.2) is 34.6 Å². The van der Waals surface area contributed by atoms with Gasteiger partial charge < -0.3 is 9.84 Å². The van der Waals surface area contributed by atoms with Crippen LogP contribution in [0.4, 0.5) is 0 Å². The standard InChI is InChI=1S/C26H24BrClN2O2/c27-19-5-8-23-21(22-2-1-12-29-24(22)17-32-25(23)16-19)9-13-30-14-10-26(31,11-15-30)18-3-6-20(28)7-4-18/h1-9,12,16,31H,10-11,13-15,17H2/b21-9-. The van der Waals surface area contributed by atoms with Crippen LogP contribution < -0.4 is 4.74 Å². The molecule has 164 valence electrons. The average molecular weight is 512 g/mol. The Bertz CT molecular complexity index is 1150. The van der Waals surface area contributed by atoms with Gasteiger partial charge in [0.05, 0.1) is 11.3 Å². The van der Waals surface area contributed by atoms with Gasteiger partial charge in [-0.1, -0.05) is 51.8 Å². The smallest absolute Gasteiger partial charge is 0.131 e. The summed E-state index contributed by atoms with van der Waals surface area (Å²) in [5, 5.41) is 11.9. The van der Waals surface area contributed by atoms with Crippen molar-refractivity contribution in [1.29, 1.82) is 0 Å². The molecule has 4 nitrogen and oxygen atoms in total. The number of nitrogens with zero attached hydrogens (tertiary/aromatic N) is 2. The number of aliphatic hydroxyl groups is 1. The lowest BCUT2D eigenvalue weighted by Crippen LogP contribution is -2.42. The second kappa shape index (κ2) is 8.99. The molecule has 0 aliphatic carbocycles. The fraction of sp³-hybridized carbons (Fsp3) is 0.269. The molecule has 1 saturated heterocycles. The van der Waals surface area contributed by atoms with E-state index in [9.17, 15) is 5.11 Å². The minimum Gasteiger partial charge on any atom is -0.487 e. The zero-order valence-corrected chi connectivity index (χ0v) is 19.9. The monoisotopic (exact) mass is 510 g/mol. The highest BCUT2D eigenvalue weighted by Crippen LogP contribution is 2.38. The second-order valence-electron chi connectivity index (χ2n) is 8.38. The molecule has 3 aromatic rings. The number of likely N-dealkylation sites (tertiary alicyclic amines) is 1. The maximum Gasteiger partial charge on any atom is 0.131 e. The van der Waals surface area contributed by atoms with Gasteiger partial charge in [0, 0.05) is 46.5 Å². The molecule has 0 bridgehead atoms. The van der Waals surface area contributed by atoms with Gasteiger partial charge in [-0.15, -0.1) is 0 Å². The third-order valence-corrected chi connectivity index (χ3v) is 7.14. The molecule has 2 aromatic carbocycles. The molecule has 2 aliphatic heterocycles. The maximum absolute atomic E-state index is 11.2. The van der Waals surface area contributed by atoms with Crippen molar-refractivity contribution in [3.8, 4) is 5.75 Å². The van der Waals surface area contributed by atoms with Gasteiger partial charge in [0.2, 0.25) is 0 Å². The molecule has 0 radical (unpaired) electrons. The van der Waals surface area contributed by atoms with E-state index in [-0.39, 0.29) is 0 Å². The van der Waals surface area contributed by atoms with Crippen molar-refractivity contribution in [2.24, 2.45) is 0 Å². The normalized spacial score (nSPS) is 19.0. The Labute approximate surface area is 201 Å². The van der Waals surface area contributed by atoms with Crippen molar-refractivity contribution in [3.05, 3.63) is 98.7 Å². The van der Waals surface area contributed by atoms with Crippen LogP contribution in [0.25, 0.3) is 5.57 Å². The van der Waals surface area contributed by atoms with Crippen LogP contribution in [0.2, 0.25) is 5.02 Å². The molecule has 6 heteroatoms. The third-order valence-electron chi connectivity index (χ3n) is 6.40. The van der Waals surface area contributed by atoms with E-state index in [4.69, 9.17) is 16.3 Å². The number of rotatable bonds is 3. The fourth-order valence-corrected chi connectivity index (χ4v) is 4.99. The Hall–Kier alpha value is -2.18. The van der Waals surface area contributed by atoms with Crippen molar-refractivity contribution >= 4 is 33.1 Å². The lowest BCUT2D eigenvalue weighted by molar-refractivity contribution is -0.0233. The predicted octanol–water partition coefficient (Wildman–Crippen LogP) is 5.81. The van der Waals surface area contributed by atoms with Crippen LogP contribution in [0, 0.1) is 0 Å². The van der Waals surface area contributed by atoms with Crippen molar-refractivity contribution in [2.45, 2.75) is 25.0 Å². The molecule has 0 spiro atoms. The van der Waals surface area contributed by atoms with Crippen LogP contribution in [0.1, 0.15) is 35.2 Å². The first-order valence-corrected chi connectivity index (χ1v) is 12.0. The summed E-state index contributed by atoms with van der Waals surface area (Å²) in [5.41, 5.74) is 4.44. The summed E-state index contributed by atoms with van der Waals surface area (Å²) in [5.74, 6) is 0.861. The van der Waals surface area contributed by atoms with Gasteiger partial charge in [-0.3, -0.25) is 9.88 Å². The molecule has 2 aliphatic rings. The number of hydrogen-bond acceptors (Lipinski definition) is 4. The zero-order chi connectivity index (χ0) is 22.1. The van der Waals surface area contributed by atoms with E-state index in [0.29, 0.717) is 24.5 Å². The molecule has 1 aromatic heterocycles. The van der Waals surface area contributed by atoms with Crippen molar-refractivity contribution in [3.63, 3.8) is 0 Å². The molecule has 1 N–H and O–H groups in total. The molecule has 32 heavy (non-hydrogen) atoms. The molecule has 0 amide bonds. The van der Waals surface area contributed by atoms with E-state index in [2.05, 4.69) is 44.0 Å². The Morgan fingerprint density at radius 3 is 2.66 bits per heavy atom. The molecular weight excluding hydrogens is 488 g/mol. The average Bonchev–Trinajstić information content (AvgIpc) is 2.96. The third kappa shape index (κ3) is 4.35. The number of aromatic nitrogens is 1. The van der Waals surface area contributed by atoms with Crippen LogP contribution in [0.5, 0.6) is 5.75 Å². The Morgan fingerprint density at radius 1 is 1.09 bits per heavy atom. The van der Waals surface area contributed by atoms with Gasteiger partial charge in [0.15, 0.2) is 0 Å². The highest BCUT2D eigenvalue weighted by Gasteiger charge is 2.33. The first-order valence-electron chi connectivity index (χ1n) is 10.8. The quantitative estimate of drug-likeness (QED) is 0.482. The van der Waals surface area contributed by atoms with Gasteiger partial charge in [0.1, 0.15) is 12.4 Å². The molecule has 1 fully saturated rings. The number of pyridine rings is 1. The minimum atomic E-state index is -0.792. The number of halogens is 2. The lowest BCUT2D eigenvalue weighted by atomic mass is 9.84. The predicted molar refractivity (Wildman–Crippen MR) is 131 cm³/mol. The summed E-state index contributed by atoms with van der Waals surface area (Å²) in [6.45, 7) is 2.91. The first-order chi connectivity index (χ1) is 15.5. The molecule has 0 atom stereocenters. The summed E-state index contributed by atoms with van der Waals surface area (Å²) in [4.78, 5) is 6.94. The first kappa shape index (κ1) is 21.7. The number of piperidine rings is 1. The Morgan fingerprint density at radius 2 is 1.88 bits per heavy atom. The minimum absolute atomic E-state index is 0.453. The molecule has 0 unspecified atom stereocenters. The maximum atomic E-state index is 11.2. The van der Waals surface area contributed by atoms with E-state index in [0.717, 1.165) is 57.8 Å². The number of fused-ring (bicyclic) bond motifs is 2. The Balaban J connectivity index is 1.37. The second-order valence-corrected chi connectivity index (χ2v) is 9.74. The number of hydrogen-bond donors (Lipinski definition) is 1. The van der Waals surface area contributed by atoms with Gasteiger partial charge in [-0.25, -0.2) is 0 Å². The van der Waals surface area contributed by atoms with Gasteiger partial charge in [-0.2, -0.15) is 0 Å². The van der Waals surface area contributed by atoms with Gasteiger partial charge in [0.25, 0.3) is 0 Å². The van der Waals surface area contributed by atoms with E-state index < -0.39 is 5.60 Å². The summed E-state index contributed by atoms with van der Waals surface area (Å²) in [6.07, 6.45) is 5.48. The number of ether oxygens (including phenoxy) is 1. The van der Waals surface area contributed by atoms with E-state index >= 15 is 0 Å². The zero-order valence-electron chi connectivity index (χ0n) is 17.6. The summed E-state index contributed by atoms with van der Waals surface area (Å²) < 4.78 is 7.07. The molecule has 5 rings (SSSR count). The molecule has 3 heterocycles. The Kier molecular flexibility index (Phi) is 6.08. The highest BCUT2D eigenvalue weighted by atomic mass is 79.9. The van der Waals surface area contributed by atoms with Crippen LogP contribution in [-0.2, 0) is 12.2 Å². The topological polar surface area (TPSA) is 45.6 Å².